The van der Waals surface area contributed by atoms with E-state index in [1.54, 1.807) is 25.3 Å². The highest BCUT2D eigenvalue weighted by atomic mass is 19.1. The summed E-state index contributed by atoms with van der Waals surface area (Å²) < 4.78 is 18.7. The third-order valence-corrected chi connectivity index (χ3v) is 3.01. The van der Waals surface area contributed by atoms with Gasteiger partial charge in [0.05, 0.1) is 18.5 Å². The molecule has 2 N–H and O–H groups in total. The molecular weight excluding hydrogens is 243 g/mol. The molecule has 0 fully saturated rings. The van der Waals surface area contributed by atoms with Crippen molar-refractivity contribution in [3.05, 3.63) is 53.8 Å². The van der Waals surface area contributed by atoms with Crippen LogP contribution in [0.15, 0.2) is 42.5 Å². The largest absolute Gasteiger partial charge is 0.497 e. The summed E-state index contributed by atoms with van der Waals surface area (Å²) in [5.74, 6) is 0.502. The molecule has 0 radical (unpaired) electrons. The molecule has 0 spiro atoms. The molecule has 0 atom stereocenters. The van der Waals surface area contributed by atoms with Gasteiger partial charge in [0.25, 0.3) is 0 Å². The molecule has 2 aromatic rings. The van der Waals surface area contributed by atoms with Crippen molar-refractivity contribution in [3.8, 4) is 5.75 Å². The summed E-state index contributed by atoms with van der Waals surface area (Å²) in [7, 11) is 3.47. The van der Waals surface area contributed by atoms with Crippen molar-refractivity contribution in [2.24, 2.45) is 0 Å². The van der Waals surface area contributed by atoms with Crippen molar-refractivity contribution in [1.29, 1.82) is 0 Å². The Bertz CT molecular complexity index is 572. The number of hydrogen-bond acceptors (Lipinski definition) is 3. The lowest BCUT2D eigenvalue weighted by Crippen LogP contribution is -2.18. The quantitative estimate of drug-likeness (QED) is 0.859. The maximum Gasteiger partial charge on any atom is 0.128 e. The molecule has 0 bridgehead atoms. The van der Waals surface area contributed by atoms with E-state index < -0.39 is 0 Å². The molecule has 2 rings (SSSR count). The Morgan fingerprint density at radius 2 is 1.95 bits per heavy atom. The first-order chi connectivity index (χ1) is 9.11. The first-order valence-electron chi connectivity index (χ1n) is 6.00. The van der Waals surface area contributed by atoms with Crippen LogP contribution < -0.4 is 15.4 Å². The van der Waals surface area contributed by atoms with Crippen LogP contribution in [0.4, 0.5) is 15.8 Å². The summed E-state index contributed by atoms with van der Waals surface area (Å²) in [6.45, 7) is 0.462. The fourth-order valence-electron chi connectivity index (χ4n) is 1.97. The minimum Gasteiger partial charge on any atom is -0.497 e. The molecule has 0 heterocycles. The van der Waals surface area contributed by atoms with E-state index >= 15 is 0 Å². The van der Waals surface area contributed by atoms with Crippen molar-refractivity contribution in [2.75, 3.05) is 24.8 Å². The summed E-state index contributed by atoms with van der Waals surface area (Å²) in [6, 6.07) is 12.2. The van der Waals surface area contributed by atoms with Gasteiger partial charge in [-0.2, -0.15) is 0 Å². The molecule has 19 heavy (non-hydrogen) atoms. The van der Waals surface area contributed by atoms with E-state index in [2.05, 4.69) is 0 Å². The van der Waals surface area contributed by atoms with Crippen molar-refractivity contribution < 1.29 is 9.13 Å². The average Bonchev–Trinajstić information content (AvgIpc) is 2.41. The highest BCUT2D eigenvalue weighted by Gasteiger charge is 2.09. The lowest BCUT2D eigenvalue weighted by Gasteiger charge is -2.21. The molecule has 0 aliphatic carbocycles. The minimum absolute atomic E-state index is 0.207. The van der Waals surface area contributed by atoms with Crippen LogP contribution in [0.5, 0.6) is 5.75 Å². The number of nitrogens with zero attached hydrogens (tertiary/aromatic N) is 1. The number of methoxy groups -OCH3 is 1. The van der Waals surface area contributed by atoms with Crippen molar-refractivity contribution in [3.63, 3.8) is 0 Å². The number of anilines is 2. The zero-order valence-electron chi connectivity index (χ0n) is 11.1. The summed E-state index contributed by atoms with van der Waals surface area (Å²) >= 11 is 0. The predicted molar refractivity (Wildman–Crippen MR) is 75.9 cm³/mol. The molecule has 100 valence electrons. The van der Waals surface area contributed by atoms with Gasteiger partial charge < -0.3 is 15.4 Å². The Hall–Kier alpha value is -2.23. The predicted octanol–water partition coefficient (Wildman–Crippen LogP) is 3.05. The van der Waals surface area contributed by atoms with Crippen molar-refractivity contribution >= 4 is 11.4 Å². The van der Waals surface area contributed by atoms with Crippen LogP contribution in [-0.2, 0) is 6.54 Å². The van der Waals surface area contributed by atoms with Gasteiger partial charge in [-0.25, -0.2) is 4.39 Å². The fraction of sp³-hybridized carbons (Fsp3) is 0.200. The van der Waals surface area contributed by atoms with Crippen LogP contribution in [0.1, 0.15) is 5.56 Å². The first-order valence-corrected chi connectivity index (χ1v) is 6.00. The lowest BCUT2D eigenvalue weighted by molar-refractivity contribution is 0.415. The number of benzene rings is 2. The van der Waals surface area contributed by atoms with Gasteiger partial charge in [-0.15, -0.1) is 0 Å². The molecule has 3 nitrogen and oxygen atoms in total. The van der Waals surface area contributed by atoms with Crippen molar-refractivity contribution in [1.82, 2.24) is 0 Å². The monoisotopic (exact) mass is 260 g/mol. The van der Waals surface area contributed by atoms with Crippen molar-refractivity contribution in [2.45, 2.75) is 6.54 Å². The third-order valence-electron chi connectivity index (χ3n) is 3.01. The fourth-order valence-corrected chi connectivity index (χ4v) is 1.97. The molecule has 0 aromatic heterocycles. The SMILES string of the molecule is COc1ccc(N(C)Cc2ccccc2F)c(N)c1. The van der Waals surface area contributed by atoms with Crippen LogP contribution in [0, 0.1) is 5.82 Å². The van der Waals surface area contributed by atoms with Gasteiger partial charge in [-0.1, -0.05) is 18.2 Å². The van der Waals surface area contributed by atoms with E-state index in [4.69, 9.17) is 10.5 Å². The van der Waals surface area contributed by atoms with Gasteiger partial charge in [0.2, 0.25) is 0 Å². The van der Waals surface area contributed by atoms with E-state index in [9.17, 15) is 4.39 Å². The molecular formula is C15H17FN2O. The van der Waals surface area contributed by atoms with E-state index in [0.717, 1.165) is 5.69 Å². The second kappa shape index (κ2) is 5.61. The zero-order valence-corrected chi connectivity index (χ0v) is 11.1. The highest BCUT2D eigenvalue weighted by Crippen LogP contribution is 2.28. The summed E-state index contributed by atoms with van der Waals surface area (Å²) in [5, 5.41) is 0. The number of rotatable bonds is 4. The molecule has 0 amide bonds. The lowest BCUT2D eigenvalue weighted by atomic mass is 10.2. The Balaban J connectivity index is 2.21. The summed E-state index contributed by atoms with van der Waals surface area (Å²) in [4.78, 5) is 1.91. The topological polar surface area (TPSA) is 38.5 Å². The second-order valence-electron chi connectivity index (χ2n) is 4.37. The van der Waals surface area contributed by atoms with Crippen LogP contribution in [-0.4, -0.2) is 14.2 Å². The molecule has 4 heteroatoms. The second-order valence-corrected chi connectivity index (χ2v) is 4.37. The number of nitrogen functional groups attached to an aromatic ring is 1. The maximum atomic E-state index is 13.6. The Labute approximate surface area is 112 Å². The maximum absolute atomic E-state index is 13.6. The molecule has 2 aromatic carbocycles. The van der Waals surface area contributed by atoms with Crippen LogP contribution >= 0.6 is 0 Å². The molecule has 0 saturated carbocycles. The Morgan fingerprint density at radius 3 is 2.58 bits per heavy atom. The summed E-state index contributed by atoms with van der Waals surface area (Å²) in [5.41, 5.74) is 8.07. The van der Waals surface area contributed by atoms with E-state index in [1.165, 1.54) is 6.07 Å². The van der Waals surface area contributed by atoms with Crippen LogP contribution in [0.3, 0.4) is 0 Å². The average molecular weight is 260 g/mol. The molecule has 0 saturated heterocycles. The van der Waals surface area contributed by atoms with Gasteiger partial charge in [-0.05, 0) is 18.2 Å². The van der Waals surface area contributed by atoms with Gasteiger partial charge in [0.15, 0.2) is 0 Å². The summed E-state index contributed by atoms with van der Waals surface area (Å²) in [6.07, 6.45) is 0. The van der Waals surface area contributed by atoms with Gasteiger partial charge in [-0.3, -0.25) is 0 Å². The number of nitrogens with two attached hydrogens (primary N) is 1. The minimum atomic E-state index is -0.207. The van der Waals surface area contributed by atoms with Gasteiger partial charge >= 0.3 is 0 Å². The Morgan fingerprint density at radius 1 is 1.21 bits per heavy atom. The number of halogens is 1. The highest BCUT2D eigenvalue weighted by molar-refractivity contribution is 5.69. The van der Waals surface area contributed by atoms with Gasteiger partial charge in [0, 0.05) is 25.2 Å². The first kappa shape index (κ1) is 13.2. The zero-order chi connectivity index (χ0) is 13.8. The van der Waals surface area contributed by atoms with Crippen LogP contribution in [0.25, 0.3) is 0 Å². The number of ether oxygens (including phenoxy) is 1. The number of hydrogen-bond donors (Lipinski definition) is 1. The molecule has 0 aliphatic heterocycles. The smallest absolute Gasteiger partial charge is 0.128 e. The van der Waals surface area contributed by atoms with E-state index in [0.29, 0.717) is 23.5 Å². The van der Waals surface area contributed by atoms with Crippen LogP contribution in [0.2, 0.25) is 0 Å². The Kier molecular flexibility index (Phi) is 3.90. The van der Waals surface area contributed by atoms with Gasteiger partial charge in [0.1, 0.15) is 11.6 Å². The van der Waals surface area contributed by atoms with E-state index in [1.807, 2.05) is 30.1 Å². The molecule has 0 aliphatic rings. The standard InChI is InChI=1S/C15H17FN2O/c1-18(10-11-5-3-4-6-13(11)16)15-8-7-12(19-2)9-14(15)17/h3-9H,10,17H2,1-2H3. The third kappa shape index (κ3) is 2.96. The van der Waals surface area contributed by atoms with E-state index in [-0.39, 0.29) is 5.82 Å². The molecule has 0 unspecified atom stereocenters. The normalized spacial score (nSPS) is 10.3.